The molecular weight excluding hydrogens is 418 g/mol. The topological polar surface area (TPSA) is 86.7 Å². The zero-order chi connectivity index (χ0) is 24.7. The summed E-state index contributed by atoms with van der Waals surface area (Å²) in [5.74, 6) is -2.65. The summed E-state index contributed by atoms with van der Waals surface area (Å²) in [6, 6.07) is 11.4. The number of phenolic OH excluding ortho intramolecular Hbond substituents is 1. The average Bonchev–Trinajstić information content (AvgIpc) is 2.81. The number of ether oxygens (including phenoxy) is 1. The van der Waals surface area contributed by atoms with Crippen LogP contribution >= 0.6 is 0 Å². The van der Waals surface area contributed by atoms with Gasteiger partial charge in [0.1, 0.15) is 17.1 Å². The Morgan fingerprint density at radius 1 is 0.818 bits per heavy atom. The fourth-order valence-electron chi connectivity index (χ4n) is 3.48. The van der Waals surface area contributed by atoms with E-state index in [1.807, 2.05) is 0 Å². The number of aromatic hydroxyl groups is 1. The van der Waals surface area contributed by atoms with E-state index >= 15 is 0 Å². The molecule has 0 bridgehead atoms. The summed E-state index contributed by atoms with van der Waals surface area (Å²) in [5, 5.41) is 20.4. The van der Waals surface area contributed by atoms with Crippen molar-refractivity contribution in [3.05, 3.63) is 59.7 Å². The molecule has 6 nitrogen and oxygen atoms in total. The van der Waals surface area contributed by atoms with E-state index in [0.29, 0.717) is 0 Å². The Balaban J connectivity index is 0.000000349. The number of unbranched alkanes of at least 4 members (excludes halogenated alkanes) is 3. The van der Waals surface area contributed by atoms with Crippen LogP contribution in [0.15, 0.2) is 48.5 Å². The van der Waals surface area contributed by atoms with E-state index in [1.54, 1.807) is 12.1 Å². The van der Waals surface area contributed by atoms with E-state index in [0.717, 1.165) is 0 Å². The summed E-state index contributed by atoms with van der Waals surface area (Å²) >= 11 is 0. The molecule has 33 heavy (non-hydrogen) atoms. The van der Waals surface area contributed by atoms with Crippen molar-refractivity contribution in [2.45, 2.75) is 59.3 Å². The van der Waals surface area contributed by atoms with Crippen molar-refractivity contribution in [2.75, 3.05) is 26.7 Å². The number of carboxylic acid groups (broad SMARTS) is 1. The van der Waals surface area contributed by atoms with Gasteiger partial charge in [0.25, 0.3) is 0 Å². The smallest absolute Gasteiger partial charge is 0.347 e. The molecule has 2 aromatic rings. The van der Waals surface area contributed by atoms with Gasteiger partial charge in [-0.05, 0) is 43.5 Å². The van der Waals surface area contributed by atoms with Crippen LogP contribution in [0.5, 0.6) is 11.5 Å². The molecule has 0 aliphatic carbocycles. The van der Waals surface area contributed by atoms with Crippen LogP contribution in [-0.2, 0) is 0 Å². The van der Waals surface area contributed by atoms with Gasteiger partial charge < -0.3 is 24.2 Å². The maximum Gasteiger partial charge on any atom is 0.347 e. The van der Waals surface area contributed by atoms with Gasteiger partial charge in [-0.1, -0.05) is 64.3 Å². The summed E-state index contributed by atoms with van der Waals surface area (Å²) in [6.07, 6.45) is 8.20. The van der Waals surface area contributed by atoms with Gasteiger partial charge in [-0.2, -0.15) is 0 Å². The van der Waals surface area contributed by atoms with Gasteiger partial charge >= 0.3 is 5.97 Å². The van der Waals surface area contributed by atoms with Gasteiger partial charge in [0.05, 0.1) is 32.7 Å². The van der Waals surface area contributed by atoms with Gasteiger partial charge in [-0.25, -0.2) is 4.79 Å². The van der Waals surface area contributed by atoms with Crippen molar-refractivity contribution in [3.63, 3.8) is 0 Å². The van der Waals surface area contributed by atoms with E-state index in [-0.39, 0.29) is 22.6 Å². The molecule has 0 unspecified atom stereocenters. The normalized spacial score (nSPS) is 10.8. The molecule has 0 aliphatic heterocycles. The number of aromatic carboxylic acids is 1. The first kappa shape index (κ1) is 28.2. The first-order valence-electron chi connectivity index (χ1n) is 11.9. The summed E-state index contributed by atoms with van der Waals surface area (Å²) in [6.45, 7) is 11.0. The second kappa shape index (κ2) is 15.1. The number of carboxylic acids is 1. The maximum atomic E-state index is 11.8. The number of carbonyl (C=O) groups is 2. The van der Waals surface area contributed by atoms with Crippen LogP contribution in [0.3, 0.4) is 0 Å². The van der Waals surface area contributed by atoms with Crippen LogP contribution in [0.25, 0.3) is 0 Å². The summed E-state index contributed by atoms with van der Waals surface area (Å²) in [4.78, 5) is 22.7. The number of para-hydroxylation sites is 2. The lowest BCUT2D eigenvalue weighted by Crippen LogP contribution is -2.46. The Morgan fingerprint density at radius 2 is 1.27 bits per heavy atom. The Hall–Kier alpha value is -2.86. The lowest BCUT2D eigenvalue weighted by Gasteiger charge is -2.34. The molecule has 0 saturated heterocycles. The molecule has 1 N–H and O–H groups in total. The second-order valence-corrected chi connectivity index (χ2v) is 8.54. The maximum absolute atomic E-state index is 11.8. The molecule has 0 aromatic heterocycles. The summed E-state index contributed by atoms with van der Waals surface area (Å²) in [7, 11) is 2.45. The van der Waals surface area contributed by atoms with Gasteiger partial charge in [0.15, 0.2) is 0 Å². The third kappa shape index (κ3) is 10.1. The van der Waals surface area contributed by atoms with Gasteiger partial charge in [-0.15, -0.1) is 0 Å². The third-order valence-corrected chi connectivity index (χ3v) is 5.59. The minimum Gasteiger partial charge on any atom is -0.545 e. The number of rotatable bonds is 12. The average molecular weight is 458 g/mol. The SMILES string of the molecule is CCCC[N+](C)(CCCC)CCCC.O=C(Oc1ccccc1C(=O)[O-])c1ccccc1O. The highest BCUT2D eigenvalue weighted by atomic mass is 16.5. The van der Waals surface area contributed by atoms with Crippen molar-refractivity contribution < 1.29 is 29.0 Å². The molecule has 2 aromatic carbocycles. The lowest BCUT2D eigenvalue weighted by molar-refractivity contribution is -0.910. The van der Waals surface area contributed by atoms with E-state index < -0.39 is 11.9 Å². The van der Waals surface area contributed by atoms with Crippen molar-refractivity contribution in [3.8, 4) is 11.5 Å². The van der Waals surface area contributed by atoms with Gasteiger partial charge in [0, 0.05) is 5.56 Å². The Kier molecular flexibility index (Phi) is 12.9. The highest BCUT2D eigenvalue weighted by molar-refractivity contribution is 5.96. The number of nitrogens with zero attached hydrogens (tertiary/aromatic N) is 1. The highest BCUT2D eigenvalue weighted by Crippen LogP contribution is 2.22. The summed E-state index contributed by atoms with van der Waals surface area (Å²) in [5.41, 5.74) is -0.276. The standard InChI is InChI=1S/C14H10O5.C13H30N/c15-11-7-3-1-5-9(11)14(18)19-12-8-4-2-6-10(12)13(16)17;1-5-8-11-14(4,12-9-6-2)13-10-7-3/h1-8,15H,(H,16,17);5-13H2,1-4H3/q;+1/p-1. The van der Waals surface area contributed by atoms with Crippen LogP contribution < -0.4 is 9.84 Å². The number of quaternary nitrogens is 1. The lowest BCUT2D eigenvalue weighted by atomic mass is 10.2. The molecule has 6 heteroatoms. The zero-order valence-corrected chi connectivity index (χ0v) is 20.5. The Labute approximate surface area is 198 Å². The first-order chi connectivity index (χ1) is 15.8. The minimum absolute atomic E-state index is 0.0457. The second-order valence-electron chi connectivity index (χ2n) is 8.54. The molecule has 0 fully saturated rings. The number of benzene rings is 2. The van der Waals surface area contributed by atoms with E-state index in [1.165, 1.54) is 99.0 Å². The van der Waals surface area contributed by atoms with Crippen LogP contribution in [-0.4, -0.2) is 48.2 Å². The monoisotopic (exact) mass is 457 g/mol. The number of phenols is 1. The van der Waals surface area contributed by atoms with Gasteiger partial charge in [-0.3, -0.25) is 0 Å². The van der Waals surface area contributed by atoms with Gasteiger partial charge in [0.2, 0.25) is 0 Å². The predicted molar refractivity (Wildman–Crippen MR) is 129 cm³/mol. The van der Waals surface area contributed by atoms with E-state index in [4.69, 9.17) is 4.74 Å². The van der Waals surface area contributed by atoms with Crippen LogP contribution in [0.2, 0.25) is 0 Å². The zero-order valence-electron chi connectivity index (χ0n) is 20.5. The third-order valence-electron chi connectivity index (χ3n) is 5.59. The van der Waals surface area contributed by atoms with Crippen molar-refractivity contribution in [1.82, 2.24) is 0 Å². The molecule has 0 atom stereocenters. The number of esters is 1. The first-order valence-corrected chi connectivity index (χ1v) is 11.9. The van der Waals surface area contributed by atoms with Crippen LogP contribution in [0.1, 0.15) is 80.0 Å². The fraction of sp³-hybridized carbons (Fsp3) is 0.481. The van der Waals surface area contributed by atoms with E-state index in [9.17, 15) is 19.8 Å². The minimum atomic E-state index is -1.44. The predicted octanol–water partition coefficient (Wildman–Crippen LogP) is 4.81. The highest BCUT2D eigenvalue weighted by Gasteiger charge is 2.19. The number of carbonyl (C=O) groups excluding carboxylic acids is 2. The van der Waals surface area contributed by atoms with Crippen molar-refractivity contribution in [2.24, 2.45) is 0 Å². The quantitative estimate of drug-likeness (QED) is 0.281. The van der Waals surface area contributed by atoms with Crippen molar-refractivity contribution >= 4 is 11.9 Å². The van der Waals surface area contributed by atoms with E-state index in [2.05, 4.69) is 27.8 Å². The number of hydrogen-bond acceptors (Lipinski definition) is 5. The van der Waals surface area contributed by atoms with Crippen molar-refractivity contribution in [1.29, 1.82) is 0 Å². The molecule has 0 heterocycles. The van der Waals surface area contributed by atoms with Crippen LogP contribution in [0.4, 0.5) is 0 Å². The summed E-state index contributed by atoms with van der Waals surface area (Å²) < 4.78 is 6.27. The molecular formula is C27H39NO5. The fourth-order valence-corrected chi connectivity index (χ4v) is 3.48. The molecule has 2 rings (SSSR count). The number of hydrogen-bond donors (Lipinski definition) is 1. The Morgan fingerprint density at radius 3 is 1.73 bits per heavy atom. The molecule has 0 saturated carbocycles. The molecule has 0 aliphatic rings. The molecule has 0 radical (unpaired) electrons. The molecule has 182 valence electrons. The molecule has 0 amide bonds. The Bertz CT molecular complexity index is 843. The largest absolute Gasteiger partial charge is 0.545 e. The molecule has 0 spiro atoms. The van der Waals surface area contributed by atoms with Crippen LogP contribution in [0, 0.1) is 0 Å².